The molecule has 1 unspecified atom stereocenters. The molecule has 2 saturated heterocycles. The molecule has 1 atom stereocenters. The van der Waals surface area contributed by atoms with E-state index in [1.807, 2.05) is 24.0 Å². The Labute approximate surface area is 168 Å². The molecule has 2 fully saturated rings. The Kier molecular flexibility index (Phi) is 6.73. The van der Waals surface area contributed by atoms with E-state index < -0.39 is 10.0 Å². The highest BCUT2D eigenvalue weighted by Crippen LogP contribution is 2.39. The van der Waals surface area contributed by atoms with Gasteiger partial charge in [-0.15, -0.1) is 0 Å². The van der Waals surface area contributed by atoms with Crippen LogP contribution in [-0.2, 0) is 26.1 Å². The largest absolute Gasteiger partial charge is 0.375 e. The number of ether oxygens (including phenoxy) is 1. The fourth-order valence-corrected chi connectivity index (χ4v) is 5.18. The van der Waals surface area contributed by atoms with Crippen molar-refractivity contribution < 1.29 is 17.9 Å². The van der Waals surface area contributed by atoms with Crippen LogP contribution in [-0.4, -0.2) is 66.6 Å². The SMILES string of the molecule is CCN(Cc1ccncc1)C(=O)CC1CCOC2(CCN(S(C)(=O)=O)CC2)C1. The zero-order valence-corrected chi connectivity index (χ0v) is 17.7. The molecule has 7 nitrogen and oxygen atoms in total. The number of hydrogen-bond donors (Lipinski definition) is 0. The van der Waals surface area contributed by atoms with Crippen LogP contribution in [0.5, 0.6) is 0 Å². The molecule has 1 aromatic rings. The van der Waals surface area contributed by atoms with Gasteiger partial charge in [0.2, 0.25) is 15.9 Å². The van der Waals surface area contributed by atoms with Crippen LogP contribution in [0.3, 0.4) is 0 Å². The average Bonchev–Trinajstić information content (AvgIpc) is 2.66. The number of aromatic nitrogens is 1. The molecular formula is C20H31N3O4S. The first kappa shape index (κ1) is 21.2. The molecule has 0 bridgehead atoms. The molecular weight excluding hydrogens is 378 g/mol. The minimum atomic E-state index is -3.15. The van der Waals surface area contributed by atoms with Gasteiger partial charge in [-0.25, -0.2) is 12.7 Å². The fraction of sp³-hybridized carbons (Fsp3) is 0.700. The van der Waals surface area contributed by atoms with E-state index in [-0.39, 0.29) is 17.4 Å². The maximum Gasteiger partial charge on any atom is 0.223 e. The number of carbonyl (C=O) groups is 1. The first-order valence-electron chi connectivity index (χ1n) is 10.1. The third kappa shape index (κ3) is 5.30. The molecule has 0 radical (unpaired) electrons. The summed E-state index contributed by atoms with van der Waals surface area (Å²) in [6.07, 6.45) is 8.42. The summed E-state index contributed by atoms with van der Waals surface area (Å²) in [5.41, 5.74) is 0.814. The number of hydrogen-bond acceptors (Lipinski definition) is 5. The van der Waals surface area contributed by atoms with Crippen LogP contribution in [0, 0.1) is 5.92 Å². The lowest BCUT2D eigenvalue weighted by Crippen LogP contribution is -2.50. The Balaban J connectivity index is 1.56. The minimum Gasteiger partial charge on any atom is -0.375 e. The van der Waals surface area contributed by atoms with Gasteiger partial charge in [-0.05, 0) is 56.2 Å². The first-order chi connectivity index (χ1) is 13.3. The lowest BCUT2D eigenvalue weighted by molar-refractivity contribution is -0.140. The van der Waals surface area contributed by atoms with E-state index >= 15 is 0 Å². The summed E-state index contributed by atoms with van der Waals surface area (Å²) < 4.78 is 31.2. The molecule has 0 aromatic carbocycles. The molecule has 8 heteroatoms. The second-order valence-corrected chi connectivity index (χ2v) is 10.0. The van der Waals surface area contributed by atoms with Gasteiger partial charge in [0.25, 0.3) is 0 Å². The molecule has 0 saturated carbocycles. The summed E-state index contributed by atoms with van der Waals surface area (Å²) in [6, 6.07) is 3.88. The molecule has 2 aliphatic rings. The molecule has 1 amide bonds. The van der Waals surface area contributed by atoms with E-state index in [9.17, 15) is 13.2 Å². The number of sulfonamides is 1. The third-order valence-electron chi connectivity index (χ3n) is 6.02. The highest BCUT2D eigenvalue weighted by Gasteiger charge is 2.42. The predicted molar refractivity (Wildman–Crippen MR) is 107 cm³/mol. The van der Waals surface area contributed by atoms with Crippen molar-refractivity contribution in [3.8, 4) is 0 Å². The number of pyridine rings is 1. The van der Waals surface area contributed by atoms with Gasteiger partial charge in [-0.3, -0.25) is 9.78 Å². The Morgan fingerprint density at radius 1 is 1.32 bits per heavy atom. The smallest absolute Gasteiger partial charge is 0.223 e. The van der Waals surface area contributed by atoms with E-state index in [1.54, 1.807) is 12.4 Å². The molecule has 1 spiro atoms. The highest BCUT2D eigenvalue weighted by atomic mass is 32.2. The molecule has 156 valence electrons. The molecule has 0 N–H and O–H groups in total. The van der Waals surface area contributed by atoms with E-state index in [4.69, 9.17) is 4.74 Å². The summed E-state index contributed by atoms with van der Waals surface area (Å²) >= 11 is 0. The van der Waals surface area contributed by atoms with E-state index in [2.05, 4.69) is 4.98 Å². The van der Waals surface area contributed by atoms with Crippen molar-refractivity contribution >= 4 is 15.9 Å². The fourth-order valence-electron chi connectivity index (χ4n) is 4.34. The van der Waals surface area contributed by atoms with Gasteiger partial charge >= 0.3 is 0 Å². The summed E-state index contributed by atoms with van der Waals surface area (Å²) in [4.78, 5) is 18.8. The summed E-state index contributed by atoms with van der Waals surface area (Å²) in [5.74, 6) is 0.465. The van der Waals surface area contributed by atoms with Crippen molar-refractivity contribution in [1.82, 2.24) is 14.2 Å². The van der Waals surface area contributed by atoms with Crippen LogP contribution in [0.1, 0.15) is 44.6 Å². The van der Waals surface area contributed by atoms with Gasteiger partial charge in [-0.1, -0.05) is 0 Å². The van der Waals surface area contributed by atoms with Crippen LogP contribution in [0.25, 0.3) is 0 Å². The molecule has 2 aliphatic heterocycles. The Bertz CT molecular complexity index is 761. The normalized spacial score (nSPS) is 22.9. The topological polar surface area (TPSA) is 79.8 Å². The lowest BCUT2D eigenvalue weighted by Gasteiger charge is -2.45. The molecule has 0 aliphatic carbocycles. The first-order valence-corrected chi connectivity index (χ1v) is 11.9. The maximum absolute atomic E-state index is 12.9. The van der Waals surface area contributed by atoms with Gasteiger partial charge in [0, 0.05) is 51.6 Å². The number of nitrogens with zero attached hydrogens (tertiary/aromatic N) is 3. The highest BCUT2D eigenvalue weighted by molar-refractivity contribution is 7.88. The average molecular weight is 410 g/mol. The number of amides is 1. The molecule has 3 heterocycles. The van der Waals surface area contributed by atoms with Crippen molar-refractivity contribution in [2.24, 2.45) is 5.92 Å². The van der Waals surface area contributed by atoms with Gasteiger partial charge in [0.05, 0.1) is 11.9 Å². The van der Waals surface area contributed by atoms with Crippen molar-refractivity contribution in [2.45, 2.75) is 51.2 Å². The van der Waals surface area contributed by atoms with Crippen LogP contribution in [0.2, 0.25) is 0 Å². The Morgan fingerprint density at radius 2 is 2.00 bits per heavy atom. The van der Waals surface area contributed by atoms with Crippen molar-refractivity contribution in [1.29, 1.82) is 0 Å². The van der Waals surface area contributed by atoms with Crippen LogP contribution >= 0.6 is 0 Å². The molecule has 1 aromatic heterocycles. The quantitative estimate of drug-likeness (QED) is 0.718. The molecule has 3 rings (SSSR count). The van der Waals surface area contributed by atoms with Crippen LogP contribution < -0.4 is 0 Å². The second-order valence-electron chi connectivity index (χ2n) is 8.02. The third-order valence-corrected chi connectivity index (χ3v) is 7.32. The monoisotopic (exact) mass is 409 g/mol. The Morgan fingerprint density at radius 3 is 2.61 bits per heavy atom. The van der Waals surface area contributed by atoms with Gasteiger partial charge < -0.3 is 9.64 Å². The number of carbonyl (C=O) groups excluding carboxylic acids is 1. The Hall–Kier alpha value is -1.51. The zero-order valence-electron chi connectivity index (χ0n) is 16.8. The van der Waals surface area contributed by atoms with Crippen molar-refractivity contribution in [2.75, 3.05) is 32.5 Å². The molecule has 28 heavy (non-hydrogen) atoms. The van der Waals surface area contributed by atoms with Gasteiger partial charge in [-0.2, -0.15) is 0 Å². The second kappa shape index (κ2) is 8.88. The zero-order chi connectivity index (χ0) is 20.2. The number of rotatable bonds is 6. The van der Waals surface area contributed by atoms with Crippen molar-refractivity contribution in [3.63, 3.8) is 0 Å². The maximum atomic E-state index is 12.9. The standard InChI is InChI=1S/C20H31N3O4S/c1-3-22(16-17-4-9-21-10-5-17)19(24)14-18-6-13-27-20(15-18)7-11-23(12-8-20)28(2,25)26/h4-5,9-10,18H,3,6-8,11-16H2,1-2H3. The number of piperidine rings is 1. The van der Waals surface area contributed by atoms with Gasteiger partial charge in [0.15, 0.2) is 0 Å². The van der Waals surface area contributed by atoms with Crippen LogP contribution in [0.4, 0.5) is 0 Å². The van der Waals surface area contributed by atoms with E-state index in [0.29, 0.717) is 52.0 Å². The van der Waals surface area contributed by atoms with E-state index in [0.717, 1.165) is 18.4 Å². The van der Waals surface area contributed by atoms with Crippen LogP contribution in [0.15, 0.2) is 24.5 Å². The van der Waals surface area contributed by atoms with Gasteiger partial charge in [0.1, 0.15) is 0 Å². The predicted octanol–water partition coefficient (Wildman–Crippen LogP) is 2.04. The minimum absolute atomic E-state index is 0.176. The van der Waals surface area contributed by atoms with E-state index in [1.165, 1.54) is 10.6 Å². The van der Waals surface area contributed by atoms with Crippen molar-refractivity contribution in [3.05, 3.63) is 30.1 Å². The summed E-state index contributed by atoms with van der Waals surface area (Å²) in [6.45, 7) is 4.94. The summed E-state index contributed by atoms with van der Waals surface area (Å²) in [7, 11) is -3.15. The summed E-state index contributed by atoms with van der Waals surface area (Å²) in [5, 5.41) is 0. The lowest BCUT2D eigenvalue weighted by atomic mass is 9.78.